The molecular formula is C11H15ClN2O. The average Bonchev–Trinajstić information content (AvgIpc) is 2.17. The molecule has 0 bridgehead atoms. The third kappa shape index (κ3) is 2.61. The zero-order valence-electron chi connectivity index (χ0n) is 8.79. The van der Waals surface area contributed by atoms with Crippen molar-refractivity contribution >= 4 is 11.6 Å². The molecule has 0 atom stereocenters. The molecule has 15 heavy (non-hydrogen) atoms. The summed E-state index contributed by atoms with van der Waals surface area (Å²) in [7, 11) is 1.89. The van der Waals surface area contributed by atoms with E-state index in [9.17, 15) is 0 Å². The molecule has 1 heterocycles. The average molecular weight is 227 g/mol. The molecule has 2 rings (SSSR count). The maximum absolute atomic E-state index is 6.00. The summed E-state index contributed by atoms with van der Waals surface area (Å²) in [4.78, 5) is 4.16. The molecule has 82 valence electrons. The second-order valence-corrected chi connectivity index (χ2v) is 4.22. The van der Waals surface area contributed by atoms with Crippen LogP contribution in [0.25, 0.3) is 0 Å². The summed E-state index contributed by atoms with van der Waals surface area (Å²) in [5.41, 5.74) is 1.03. The molecule has 0 aromatic carbocycles. The highest BCUT2D eigenvalue weighted by atomic mass is 35.5. The number of pyridine rings is 1. The maximum atomic E-state index is 6.00. The van der Waals surface area contributed by atoms with E-state index in [1.807, 2.05) is 13.1 Å². The van der Waals surface area contributed by atoms with Gasteiger partial charge in [0.05, 0.1) is 5.02 Å². The van der Waals surface area contributed by atoms with Crippen molar-refractivity contribution in [3.8, 4) is 5.88 Å². The van der Waals surface area contributed by atoms with Crippen molar-refractivity contribution in [1.82, 2.24) is 10.3 Å². The SMILES string of the molecule is CNCc1cc(OC2CCC2)ncc1Cl. The van der Waals surface area contributed by atoms with Crippen molar-refractivity contribution in [2.45, 2.75) is 31.9 Å². The van der Waals surface area contributed by atoms with Gasteiger partial charge in [-0.1, -0.05) is 11.6 Å². The minimum atomic E-state index is 0.362. The smallest absolute Gasteiger partial charge is 0.213 e. The van der Waals surface area contributed by atoms with Crippen molar-refractivity contribution in [2.24, 2.45) is 0 Å². The summed E-state index contributed by atoms with van der Waals surface area (Å²) in [5.74, 6) is 0.689. The third-order valence-electron chi connectivity index (χ3n) is 2.62. The largest absolute Gasteiger partial charge is 0.474 e. The first-order valence-corrected chi connectivity index (χ1v) is 5.63. The first-order valence-electron chi connectivity index (χ1n) is 5.25. The number of nitrogens with one attached hydrogen (secondary N) is 1. The van der Waals surface area contributed by atoms with Gasteiger partial charge in [-0.3, -0.25) is 0 Å². The van der Waals surface area contributed by atoms with Crippen LogP contribution in [0.2, 0.25) is 5.02 Å². The van der Waals surface area contributed by atoms with E-state index in [1.54, 1.807) is 6.20 Å². The molecule has 1 saturated carbocycles. The molecule has 0 amide bonds. The Morgan fingerprint density at radius 3 is 3.00 bits per heavy atom. The summed E-state index contributed by atoms with van der Waals surface area (Å²) in [6.07, 6.45) is 5.57. The summed E-state index contributed by atoms with van der Waals surface area (Å²) in [5, 5.41) is 3.75. The molecule has 1 aliphatic carbocycles. The predicted molar refractivity (Wildman–Crippen MR) is 60.3 cm³/mol. The molecule has 0 aliphatic heterocycles. The Balaban J connectivity index is 2.06. The molecule has 1 fully saturated rings. The number of ether oxygens (including phenoxy) is 1. The Morgan fingerprint density at radius 2 is 2.40 bits per heavy atom. The Hall–Kier alpha value is -0.800. The zero-order valence-corrected chi connectivity index (χ0v) is 9.55. The topological polar surface area (TPSA) is 34.1 Å². The van der Waals surface area contributed by atoms with Gasteiger partial charge >= 0.3 is 0 Å². The second kappa shape index (κ2) is 4.81. The highest BCUT2D eigenvalue weighted by Gasteiger charge is 2.19. The number of hydrogen-bond donors (Lipinski definition) is 1. The van der Waals surface area contributed by atoms with Crippen LogP contribution in [0.3, 0.4) is 0 Å². The van der Waals surface area contributed by atoms with E-state index >= 15 is 0 Å². The van der Waals surface area contributed by atoms with Gasteiger partial charge in [0.15, 0.2) is 0 Å². The predicted octanol–water partition coefficient (Wildman–Crippen LogP) is 2.39. The first kappa shape index (κ1) is 10.7. The van der Waals surface area contributed by atoms with Crippen LogP contribution in [-0.4, -0.2) is 18.1 Å². The Bertz CT molecular complexity index is 339. The molecule has 1 aliphatic rings. The lowest BCUT2D eigenvalue weighted by atomic mass is 9.96. The Morgan fingerprint density at radius 1 is 1.60 bits per heavy atom. The summed E-state index contributed by atoms with van der Waals surface area (Å²) in [6.45, 7) is 0.738. The van der Waals surface area contributed by atoms with Crippen molar-refractivity contribution in [2.75, 3.05) is 7.05 Å². The van der Waals surface area contributed by atoms with Crippen LogP contribution in [0.5, 0.6) is 5.88 Å². The molecule has 0 unspecified atom stereocenters. The van der Waals surface area contributed by atoms with Crippen LogP contribution in [0.1, 0.15) is 24.8 Å². The standard InChI is InChI=1S/C11H15ClN2O/c1-13-6-8-5-11(14-7-10(8)12)15-9-3-2-4-9/h5,7,9,13H,2-4,6H2,1H3. The monoisotopic (exact) mass is 226 g/mol. The van der Waals surface area contributed by atoms with Crippen LogP contribution < -0.4 is 10.1 Å². The van der Waals surface area contributed by atoms with Gasteiger partial charge in [-0.05, 0) is 31.9 Å². The van der Waals surface area contributed by atoms with E-state index < -0.39 is 0 Å². The van der Waals surface area contributed by atoms with Crippen LogP contribution in [0.15, 0.2) is 12.3 Å². The van der Waals surface area contributed by atoms with Gasteiger partial charge in [0.25, 0.3) is 0 Å². The van der Waals surface area contributed by atoms with E-state index in [1.165, 1.54) is 6.42 Å². The zero-order chi connectivity index (χ0) is 10.7. The van der Waals surface area contributed by atoms with Crippen LogP contribution in [-0.2, 0) is 6.54 Å². The fourth-order valence-electron chi connectivity index (χ4n) is 1.51. The lowest BCUT2D eigenvalue weighted by molar-refractivity contribution is 0.114. The van der Waals surface area contributed by atoms with Gasteiger partial charge in [-0.2, -0.15) is 0 Å². The van der Waals surface area contributed by atoms with E-state index in [4.69, 9.17) is 16.3 Å². The molecule has 0 radical (unpaired) electrons. The Labute approximate surface area is 94.8 Å². The van der Waals surface area contributed by atoms with E-state index in [0.717, 1.165) is 24.9 Å². The number of halogens is 1. The van der Waals surface area contributed by atoms with Gasteiger partial charge in [0.1, 0.15) is 6.10 Å². The minimum absolute atomic E-state index is 0.362. The van der Waals surface area contributed by atoms with Crippen molar-refractivity contribution in [3.63, 3.8) is 0 Å². The molecule has 1 N–H and O–H groups in total. The summed E-state index contributed by atoms with van der Waals surface area (Å²) in [6, 6.07) is 1.91. The number of hydrogen-bond acceptors (Lipinski definition) is 3. The van der Waals surface area contributed by atoms with Crippen molar-refractivity contribution < 1.29 is 4.74 Å². The lowest BCUT2D eigenvalue weighted by Gasteiger charge is -2.25. The van der Waals surface area contributed by atoms with E-state index in [2.05, 4.69) is 10.3 Å². The second-order valence-electron chi connectivity index (χ2n) is 3.82. The molecule has 0 spiro atoms. The first-order chi connectivity index (χ1) is 7.29. The fourth-order valence-corrected chi connectivity index (χ4v) is 1.68. The maximum Gasteiger partial charge on any atom is 0.213 e. The van der Waals surface area contributed by atoms with Crippen molar-refractivity contribution in [1.29, 1.82) is 0 Å². The third-order valence-corrected chi connectivity index (χ3v) is 2.96. The van der Waals surface area contributed by atoms with Crippen LogP contribution in [0, 0.1) is 0 Å². The van der Waals surface area contributed by atoms with Crippen molar-refractivity contribution in [3.05, 3.63) is 22.8 Å². The molecule has 3 nitrogen and oxygen atoms in total. The number of nitrogens with zero attached hydrogens (tertiary/aromatic N) is 1. The normalized spacial score (nSPS) is 16.1. The fraction of sp³-hybridized carbons (Fsp3) is 0.545. The molecule has 4 heteroatoms. The van der Waals surface area contributed by atoms with Crippen LogP contribution in [0.4, 0.5) is 0 Å². The molecule has 1 aromatic heterocycles. The lowest BCUT2D eigenvalue weighted by Crippen LogP contribution is -2.25. The number of aromatic nitrogens is 1. The Kier molecular flexibility index (Phi) is 3.44. The van der Waals surface area contributed by atoms with Gasteiger partial charge < -0.3 is 10.1 Å². The number of rotatable bonds is 4. The quantitative estimate of drug-likeness (QED) is 0.856. The van der Waals surface area contributed by atoms with Gasteiger partial charge in [0, 0.05) is 18.8 Å². The van der Waals surface area contributed by atoms with E-state index in [0.29, 0.717) is 17.0 Å². The van der Waals surface area contributed by atoms with Gasteiger partial charge in [-0.15, -0.1) is 0 Å². The highest BCUT2D eigenvalue weighted by molar-refractivity contribution is 6.31. The van der Waals surface area contributed by atoms with E-state index in [-0.39, 0.29) is 0 Å². The summed E-state index contributed by atoms with van der Waals surface area (Å²) < 4.78 is 5.69. The van der Waals surface area contributed by atoms with Gasteiger partial charge in [0.2, 0.25) is 5.88 Å². The summed E-state index contributed by atoms with van der Waals surface area (Å²) >= 11 is 6.00. The molecular weight excluding hydrogens is 212 g/mol. The molecule has 1 aromatic rings. The molecule has 0 saturated heterocycles. The van der Waals surface area contributed by atoms with Crippen LogP contribution >= 0.6 is 11.6 Å². The minimum Gasteiger partial charge on any atom is -0.474 e. The van der Waals surface area contributed by atoms with Gasteiger partial charge in [-0.25, -0.2) is 4.98 Å². The highest BCUT2D eigenvalue weighted by Crippen LogP contribution is 2.26.